The lowest BCUT2D eigenvalue weighted by molar-refractivity contribution is -0.126. The third-order valence-electron chi connectivity index (χ3n) is 4.72. The molecule has 1 aromatic carbocycles. The Morgan fingerprint density at radius 2 is 1.56 bits per heavy atom. The first-order valence-corrected chi connectivity index (χ1v) is 14.2. The summed E-state index contributed by atoms with van der Waals surface area (Å²) in [5.74, 6) is -2.27. The number of hydrogen-bond donors (Lipinski definition) is 1. The lowest BCUT2D eigenvalue weighted by Gasteiger charge is -2.30. The summed E-state index contributed by atoms with van der Waals surface area (Å²) in [5.41, 5.74) is -6.64. The molecule has 0 bridgehead atoms. The van der Waals surface area contributed by atoms with Gasteiger partial charge in [-0.2, -0.15) is 13.2 Å². The molecule has 1 aromatic rings. The molecule has 0 spiro atoms. The standard InChI is InChI=1S/C18H26F3N2O8S3/c1-5-13(10-12(2)16(24)22-17(3,4)11-32(25,26)27)14-6-8-15(9-7-14)33(28,29)23-34(30,31)18(19,20)21/h6-9,12-13H,5,10-11H2,1-4H3,(H,22,24)(H,25,26,27)/q-1/p-1. The Morgan fingerprint density at radius 3 is 1.97 bits per heavy atom. The van der Waals surface area contributed by atoms with Gasteiger partial charge in [-0.15, -0.1) is 0 Å². The normalized spacial score (nSPS) is 15.5. The molecule has 0 radical (unpaired) electrons. The molecular weight excluding hydrogens is 525 g/mol. The van der Waals surface area contributed by atoms with Crippen LogP contribution in [-0.2, 0) is 35.0 Å². The van der Waals surface area contributed by atoms with Gasteiger partial charge in [0.2, 0.25) is 5.91 Å². The summed E-state index contributed by atoms with van der Waals surface area (Å²) in [5, 5.41) is 2.50. The number of nitrogens with zero attached hydrogens (tertiary/aromatic N) is 1. The maximum atomic E-state index is 12.5. The zero-order valence-electron chi connectivity index (χ0n) is 18.7. The van der Waals surface area contributed by atoms with Crippen LogP contribution in [0.25, 0.3) is 4.13 Å². The quantitative estimate of drug-likeness (QED) is 0.410. The lowest BCUT2D eigenvalue weighted by Crippen LogP contribution is -2.50. The number of nitrogens with one attached hydrogen (secondary N) is 1. The first-order chi connectivity index (χ1) is 15.1. The highest BCUT2D eigenvalue weighted by Gasteiger charge is 2.40. The first-order valence-electron chi connectivity index (χ1n) is 9.76. The second-order valence-corrected chi connectivity index (χ2v) is 13.2. The highest BCUT2D eigenvalue weighted by atomic mass is 32.3. The van der Waals surface area contributed by atoms with Gasteiger partial charge in [0, 0.05) is 16.4 Å². The van der Waals surface area contributed by atoms with Crippen molar-refractivity contribution in [1.82, 2.24) is 5.32 Å². The van der Waals surface area contributed by atoms with Crippen LogP contribution in [0.1, 0.15) is 52.0 Å². The van der Waals surface area contributed by atoms with E-state index >= 15 is 0 Å². The Bertz CT molecular complexity index is 1190. The van der Waals surface area contributed by atoms with Crippen LogP contribution in [0.5, 0.6) is 0 Å². The summed E-state index contributed by atoms with van der Waals surface area (Å²) in [6.07, 6.45) is 0.719. The number of alkyl halides is 3. The van der Waals surface area contributed by atoms with E-state index in [1.807, 2.05) is 4.13 Å². The van der Waals surface area contributed by atoms with Gasteiger partial charge in [-0.3, -0.25) is 4.79 Å². The molecule has 34 heavy (non-hydrogen) atoms. The van der Waals surface area contributed by atoms with E-state index in [-0.39, 0.29) is 12.3 Å². The van der Waals surface area contributed by atoms with E-state index in [1.54, 1.807) is 13.8 Å². The number of rotatable bonds is 11. The largest absolute Gasteiger partial charge is 0.748 e. The van der Waals surface area contributed by atoms with E-state index < -0.39 is 63.7 Å². The summed E-state index contributed by atoms with van der Waals surface area (Å²) in [4.78, 5) is 11.7. The molecule has 0 saturated heterocycles. The average Bonchev–Trinajstić information content (AvgIpc) is 2.61. The van der Waals surface area contributed by atoms with Gasteiger partial charge in [0.1, 0.15) is 10.0 Å². The van der Waals surface area contributed by atoms with Crippen molar-refractivity contribution in [1.29, 1.82) is 0 Å². The molecule has 0 aromatic heterocycles. The van der Waals surface area contributed by atoms with Gasteiger partial charge in [0.15, 0.2) is 10.0 Å². The van der Waals surface area contributed by atoms with Crippen molar-refractivity contribution >= 4 is 36.1 Å². The molecule has 2 atom stereocenters. The third kappa shape index (κ3) is 8.79. The monoisotopic (exact) mass is 550 g/mol. The number of benzene rings is 1. The smallest absolute Gasteiger partial charge is 0.480 e. The number of carbonyl (C=O) groups excluding carboxylic acids is 1. The maximum absolute atomic E-state index is 12.5. The topological polar surface area (TPSA) is 169 Å². The van der Waals surface area contributed by atoms with Crippen LogP contribution >= 0.6 is 0 Å². The Hall–Kier alpha value is -1.75. The molecule has 0 aliphatic rings. The predicted molar refractivity (Wildman–Crippen MR) is 116 cm³/mol. The van der Waals surface area contributed by atoms with Gasteiger partial charge in [0.25, 0.3) is 0 Å². The molecule has 0 heterocycles. The molecule has 0 aliphatic carbocycles. The van der Waals surface area contributed by atoms with E-state index in [1.165, 1.54) is 26.0 Å². The van der Waals surface area contributed by atoms with Crippen molar-refractivity contribution in [2.24, 2.45) is 5.92 Å². The van der Waals surface area contributed by atoms with Crippen molar-refractivity contribution in [2.45, 2.75) is 62.4 Å². The molecule has 2 unspecified atom stereocenters. The molecule has 196 valence electrons. The number of hydrogen-bond acceptors (Lipinski definition) is 8. The number of amides is 1. The summed E-state index contributed by atoms with van der Waals surface area (Å²) < 4.78 is 118. The van der Waals surface area contributed by atoms with Crippen molar-refractivity contribution in [2.75, 3.05) is 5.75 Å². The molecular formula is C18H25F3N2O8S3-2. The van der Waals surface area contributed by atoms with Crippen LogP contribution in [0, 0.1) is 5.92 Å². The average molecular weight is 551 g/mol. The second kappa shape index (κ2) is 10.5. The molecule has 1 N–H and O–H groups in total. The third-order valence-corrected chi connectivity index (χ3v) is 8.81. The highest BCUT2D eigenvalue weighted by Crippen LogP contribution is 2.33. The Morgan fingerprint density at radius 1 is 1.06 bits per heavy atom. The van der Waals surface area contributed by atoms with Gasteiger partial charge in [-0.1, -0.05) is 26.0 Å². The summed E-state index contributed by atoms with van der Waals surface area (Å²) >= 11 is 0. The molecule has 0 saturated carbocycles. The summed E-state index contributed by atoms with van der Waals surface area (Å²) in [6.45, 7) is 6.11. The van der Waals surface area contributed by atoms with Crippen LogP contribution in [0.15, 0.2) is 29.2 Å². The van der Waals surface area contributed by atoms with Crippen molar-refractivity contribution in [3.63, 3.8) is 0 Å². The van der Waals surface area contributed by atoms with Crippen LogP contribution in [0.4, 0.5) is 13.2 Å². The first kappa shape index (κ1) is 30.3. The maximum Gasteiger partial charge on any atom is 0.480 e. The van der Waals surface area contributed by atoms with Gasteiger partial charge < -0.3 is 14.0 Å². The second-order valence-electron chi connectivity index (χ2n) is 8.36. The lowest BCUT2D eigenvalue weighted by atomic mass is 9.87. The highest BCUT2D eigenvalue weighted by molar-refractivity contribution is 8.12. The Balaban J connectivity index is 2.98. The Kier molecular flexibility index (Phi) is 9.33. The molecule has 0 fully saturated rings. The molecule has 1 amide bonds. The molecule has 10 nitrogen and oxygen atoms in total. The fourth-order valence-corrected chi connectivity index (χ4v) is 6.29. The number of carbonyl (C=O) groups is 1. The SMILES string of the molecule is CCC(CC(C)C(=O)NC(C)(C)CS(=O)(=O)[O-])c1ccc(S(=O)(=O)[N-]S(=O)(=O)C(F)(F)F)cc1. The van der Waals surface area contributed by atoms with E-state index in [2.05, 4.69) is 5.32 Å². The predicted octanol–water partition coefficient (Wildman–Crippen LogP) is 2.56. The van der Waals surface area contributed by atoms with Crippen molar-refractivity contribution in [3.8, 4) is 0 Å². The summed E-state index contributed by atoms with van der Waals surface area (Å²) in [7, 11) is -16.0. The van der Waals surface area contributed by atoms with Gasteiger partial charge in [0.05, 0.1) is 15.9 Å². The summed E-state index contributed by atoms with van der Waals surface area (Å²) in [6, 6.07) is 4.37. The Labute approximate surface area is 197 Å². The van der Waals surface area contributed by atoms with E-state index in [4.69, 9.17) is 0 Å². The molecule has 16 heteroatoms. The number of sulfonamides is 2. The minimum absolute atomic E-state index is 0.238. The molecule has 0 aliphatic heterocycles. The van der Waals surface area contributed by atoms with Crippen molar-refractivity contribution in [3.05, 3.63) is 34.0 Å². The van der Waals surface area contributed by atoms with E-state index in [0.717, 1.165) is 12.1 Å². The van der Waals surface area contributed by atoms with Crippen LogP contribution in [0.3, 0.4) is 0 Å². The zero-order chi connectivity index (χ0) is 26.8. The fourth-order valence-electron chi connectivity index (χ4n) is 3.13. The van der Waals surface area contributed by atoms with Crippen LogP contribution in [0.2, 0.25) is 0 Å². The van der Waals surface area contributed by atoms with Gasteiger partial charge in [-0.05, 0) is 50.3 Å². The van der Waals surface area contributed by atoms with Gasteiger partial charge >= 0.3 is 5.51 Å². The fraction of sp³-hybridized carbons (Fsp3) is 0.611. The minimum Gasteiger partial charge on any atom is -0.748 e. The van der Waals surface area contributed by atoms with Crippen molar-refractivity contribution < 1.29 is 47.8 Å². The van der Waals surface area contributed by atoms with Gasteiger partial charge in [-0.25, -0.2) is 25.3 Å². The van der Waals surface area contributed by atoms with E-state index in [0.29, 0.717) is 12.0 Å². The van der Waals surface area contributed by atoms with E-state index in [9.17, 15) is 47.8 Å². The van der Waals surface area contributed by atoms with Crippen LogP contribution in [-0.4, -0.2) is 52.5 Å². The minimum atomic E-state index is -6.25. The number of halogens is 3. The zero-order valence-corrected chi connectivity index (χ0v) is 21.1. The molecule has 1 rings (SSSR count). The van der Waals surface area contributed by atoms with Crippen LogP contribution < -0.4 is 5.32 Å².